The van der Waals surface area contributed by atoms with Crippen molar-refractivity contribution in [3.63, 3.8) is 0 Å². The molecule has 17 heavy (non-hydrogen) atoms. The van der Waals surface area contributed by atoms with Gasteiger partial charge in [-0.25, -0.2) is 4.98 Å². The largest absolute Gasteiger partial charge is 0.383 e. The predicted molar refractivity (Wildman–Crippen MR) is 72.9 cm³/mol. The molecule has 0 saturated heterocycles. The maximum atomic E-state index is 5.80. The van der Waals surface area contributed by atoms with E-state index in [9.17, 15) is 0 Å². The minimum absolute atomic E-state index is 0.422. The third-order valence-electron chi connectivity index (χ3n) is 2.08. The molecule has 6 heteroatoms. The molecule has 1 aromatic carbocycles. The fourth-order valence-corrected chi connectivity index (χ4v) is 1.83. The number of hydrogen-bond donors (Lipinski definition) is 2. The van der Waals surface area contributed by atoms with Crippen molar-refractivity contribution in [2.75, 3.05) is 11.1 Å². The summed E-state index contributed by atoms with van der Waals surface area (Å²) in [7, 11) is 0. The molecular formula is C11H10BrClN4. The Morgan fingerprint density at radius 2 is 1.94 bits per heavy atom. The fraction of sp³-hybridized carbons (Fsp3) is 0.0909. The van der Waals surface area contributed by atoms with Crippen LogP contribution in [0.5, 0.6) is 0 Å². The second-order valence-corrected chi connectivity index (χ2v) is 4.67. The number of nitrogen functional groups attached to an aromatic ring is 1. The zero-order valence-corrected chi connectivity index (χ0v) is 11.2. The minimum Gasteiger partial charge on any atom is -0.383 e. The first-order valence-electron chi connectivity index (χ1n) is 4.92. The highest BCUT2D eigenvalue weighted by molar-refractivity contribution is 9.10. The molecule has 1 heterocycles. The lowest BCUT2D eigenvalue weighted by Crippen LogP contribution is -2.05. The van der Waals surface area contributed by atoms with Crippen molar-refractivity contribution in [2.45, 2.75) is 6.54 Å². The van der Waals surface area contributed by atoms with Crippen molar-refractivity contribution in [3.05, 3.63) is 45.5 Å². The van der Waals surface area contributed by atoms with Crippen molar-refractivity contribution in [3.8, 4) is 0 Å². The number of rotatable bonds is 3. The van der Waals surface area contributed by atoms with E-state index < -0.39 is 0 Å². The van der Waals surface area contributed by atoms with Crippen molar-refractivity contribution in [1.82, 2.24) is 9.97 Å². The van der Waals surface area contributed by atoms with E-state index in [2.05, 4.69) is 31.2 Å². The first kappa shape index (κ1) is 12.1. The Labute approximate surface area is 112 Å². The summed E-state index contributed by atoms with van der Waals surface area (Å²) < 4.78 is 0.656. The second kappa shape index (κ2) is 5.33. The lowest BCUT2D eigenvalue weighted by Gasteiger charge is -2.06. The van der Waals surface area contributed by atoms with Crippen LogP contribution in [0, 0.1) is 0 Å². The standard InChI is InChI=1S/C11H10BrClN4/c12-9-5-10(14)17-11(16-9)15-6-7-1-3-8(13)4-2-7/h1-5H,6H2,(H3,14,15,16,17). The van der Waals surface area contributed by atoms with E-state index >= 15 is 0 Å². The van der Waals surface area contributed by atoms with Gasteiger partial charge in [-0.2, -0.15) is 4.98 Å². The van der Waals surface area contributed by atoms with Crippen molar-refractivity contribution in [2.24, 2.45) is 0 Å². The van der Waals surface area contributed by atoms with Gasteiger partial charge in [-0.05, 0) is 33.6 Å². The third-order valence-corrected chi connectivity index (χ3v) is 2.74. The molecule has 0 fully saturated rings. The van der Waals surface area contributed by atoms with Gasteiger partial charge in [0.05, 0.1) is 0 Å². The van der Waals surface area contributed by atoms with E-state index in [0.29, 0.717) is 22.9 Å². The highest BCUT2D eigenvalue weighted by atomic mass is 79.9. The Morgan fingerprint density at radius 1 is 1.24 bits per heavy atom. The number of benzene rings is 1. The van der Waals surface area contributed by atoms with Gasteiger partial charge in [-0.1, -0.05) is 23.7 Å². The van der Waals surface area contributed by atoms with Crippen molar-refractivity contribution >= 4 is 39.3 Å². The topological polar surface area (TPSA) is 63.8 Å². The van der Waals surface area contributed by atoms with E-state index in [4.69, 9.17) is 17.3 Å². The quantitative estimate of drug-likeness (QED) is 0.855. The van der Waals surface area contributed by atoms with Gasteiger partial charge in [-0.3, -0.25) is 0 Å². The van der Waals surface area contributed by atoms with Gasteiger partial charge in [0.15, 0.2) is 0 Å². The van der Waals surface area contributed by atoms with Gasteiger partial charge in [-0.15, -0.1) is 0 Å². The van der Waals surface area contributed by atoms with Crippen LogP contribution in [0.3, 0.4) is 0 Å². The van der Waals surface area contributed by atoms with Crippen LogP contribution >= 0.6 is 27.5 Å². The van der Waals surface area contributed by atoms with Crippen LogP contribution < -0.4 is 11.1 Å². The highest BCUT2D eigenvalue weighted by Crippen LogP contribution is 2.14. The van der Waals surface area contributed by atoms with Crippen LogP contribution in [0.1, 0.15) is 5.56 Å². The average molecular weight is 314 g/mol. The number of nitrogens with two attached hydrogens (primary N) is 1. The zero-order chi connectivity index (χ0) is 12.3. The minimum atomic E-state index is 0.422. The van der Waals surface area contributed by atoms with Crippen LogP contribution in [0.15, 0.2) is 34.9 Å². The molecular weight excluding hydrogens is 304 g/mol. The molecule has 0 unspecified atom stereocenters. The maximum absolute atomic E-state index is 5.80. The number of nitrogens with zero attached hydrogens (tertiary/aromatic N) is 2. The van der Waals surface area contributed by atoms with E-state index in [1.54, 1.807) is 6.07 Å². The first-order chi connectivity index (χ1) is 8.13. The molecule has 0 aliphatic rings. The molecule has 2 aromatic rings. The number of nitrogens with one attached hydrogen (secondary N) is 1. The molecule has 0 saturated carbocycles. The Morgan fingerprint density at radius 3 is 2.59 bits per heavy atom. The molecule has 0 aliphatic heterocycles. The second-order valence-electron chi connectivity index (χ2n) is 3.42. The molecule has 88 valence electrons. The Hall–Kier alpha value is -1.33. The van der Waals surface area contributed by atoms with E-state index in [-0.39, 0.29) is 0 Å². The lowest BCUT2D eigenvalue weighted by molar-refractivity contribution is 1.05. The van der Waals surface area contributed by atoms with Crippen LogP contribution in [-0.4, -0.2) is 9.97 Å². The molecule has 4 nitrogen and oxygen atoms in total. The Kier molecular flexibility index (Phi) is 3.81. The Bertz CT molecular complexity index is 495. The van der Waals surface area contributed by atoms with Gasteiger partial charge in [0.2, 0.25) is 5.95 Å². The maximum Gasteiger partial charge on any atom is 0.225 e. The molecule has 0 bridgehead atoms. The summed E-state index contributed by atoms with van der Waals surface area (Å²) >= 11 is 9.06. The van der Waals surface area contributed by atoms with Gasteiger partial charge in [0, 0.05) is 17.6 Å². The molecule has 3 N–H and O–H groups in total. The average Bonchev–Trinajstić information content (AvgIpc) is 2.27. The summed E-state index contributed by atoms with van der Waals surface area (Å²) in [5.41, 5.74) is 6.70. The molecule has 0 radical (unpaired) electrons. The van der Waals surface area contributed by atoms with Crippen LogP contribution in [0.2, 0.25) is 5.02 Å². The predicted octanol–water partition coefficient (Wildman–Crippen LogP) is 3.09. The van der Waals surface area contributed by atoms with Crippen LogP contribution in [0.4, 0.5) is 11.8 Å². The molecule has 0 spiro atoms. The third kappa shape index (κ3) is 3.57. The van der Waals surface area contributed by atoms with E-state index in [0.717, 1.165) is 10.6 Å². The Balaban J connectivity index is 2.04. The summed E-state index contributed by atoms with van der Waals surface area (Å²) in [6.07, 6.45) is 0. The van der Waals surface area contributed by atoms with Gasteiger partial charge >= 0.3 is 0 Å². The van der Waals surface area contributed by atoms with Crippen molar-refractivity contribution < 1.29 is 0 Å². The van der Waals surface area contributed by atoms with Crippen molar-refractivity contribution in [1.29, 1.82) is 0 Å². The molecule has 0 atom stereocenters. The van der Waals surface area contributed by atoms with Gasteiger partial charge in [0.25, 0.3) is 0 Å². The summed E-state index contributed by atoms with van der Waals surface area (Å²) in [4.78, 5) is 8.22. The normalized spacial score (nSPS) is 10.2. The monoisotopic (exact) mass is 312 g/mol. The lowest BCUT2D eigenvalue weighted by atomic mass is 10.2. The van der Waals surface area contributed by atoms with Crippen LogP contribution in [0.25, 0.3) is 0 Å². The van der Waals surface area contributed by atoms with E-state index in [1.807, 2.05) is 24.3 Å². The number of anilines is 2. The first-order valence-corrected chi connectivity index (χ1v) is 6.09. The molecule has 0 aliphatic carbocycles. The van der Waals surface area contributed by atoms with Gasteiger partial charge < -0.3 is 11.1 Å². The smallest absolute Gasteiger partial charge is 0.225 e. The van der Waals surface area contributed by atoms with E-state index in [1.165, 1.54) is 0 Å². The fourth-order valence-electron chi connectivity index (χ4n) is 1.30. The molecule has 0 amide bonds. The SMILES string of the molecule is Nc1cc(Br)nc(NCc2ccc(Cl)cc2)n1. The zero-order valence-electron chi connectivity index (χ0n) is 8.82. The number of hydrogen-bond acceptors (Lipinski definition) is 4. The summed E-state index contributed by atoms with van der Waals surface area (Å²) in [6.45, 7) is 0.618. The molecule has 2 rings (SSSR count). The summed E-state index contributed by atoms with van der Waals surface area (Å²) in [5, 5.41) is 3.81. The number of aromatic nitrogens is 2. The number of halogens is 2. The highest BCUT2D eigenvalue weighted by Gasteiger charge is 2.00. The summed E-state index contributed by atoms with van der Waals surface area (Å²) in [6, 6.07) is 9.21. The van der Waals surface area contributed by atoms with Crippen LogP contribution in [-0.2, 0) is 6.54 Å². The molecule has 1 aromatic heterocycles. The van der Waals surface area contributed by atoms with Gasteiger partial charge in [0.1, 0.15) is 10.4 Å². The summed E-state index contributed by atoms with van der Waals surface area (Å²) in [5.74, 6) is 0.914.